The maximum atomic E-state index is 12.7. The second kappa shape index (κ2) is 9.45. The fourth-order valence-electron chi connectivity index (χ4n) is 3.62. The minimum Gasteiger partial charge on any atom is -0.493 e. The molecule has 0 bridgehead atoms. The molecule has 3 rings (SSSR count). The van der Waals surface area contributed by atoms with Crippen molar-refractivity contribution in [3.05, 3.63) is 59.2 Å². The molecule has 0 aromatic heterocycles. The lowest BCUT2D eigenvalue weighted by atomic mass is 9.96. The van der Waals surface area contributed by atoms with Gasteiger partial charge in [0.1, 0.15) is 0 Å². The Morgan fingerprint density at radius 2 is 1.72 bits per heavy atom. The van der Waals surface area contributed by atoms with Crippen molar-refractivity contribution in [2.75, 3.05) is 33.9 Å². The predicted molar refractivity (Wildman–Crippen MR) is 112 cm³/mol. The smallest absolute Gasteiger partial charge is 0.253 e. The fourth-order valence-corrected chi connectivity index (χ4v) is 3.62. The highest BCUT2D eigenvalue weighted by Gasteiger charge is 2.24. The van der Waals surface area contributed by atoms with E-state index >= 15 is 0 Å². The molecule has 1 saturated heterocycles. The Morgan fingerprint density at radius 3 is 2.38 bits per heavy atom. The number of amides is 2. The molecule has 0 aliphatic carbocycles. The van der Waals surface area contributed by atoms with Crippen molar-refractivity contribution in [1.82, 2.24) is 10.2 Å². The first-order valence-corrected chi connectivity index (χ1v) is 9.88. The first-order chi connectivity index (χ1) is 14.0. The molecular weight excluding hydrogens is 368 g/mol. The van der Waals surface area contributed by atoms with Crippen molar-refractivity contribution in [3.8, 4) is 11.5 Å². The Morgan fingerprint density at radius 1 is 1.00 bits per heavy atom. The summed E-state index contributed by atoms with van der Waals surface area (Å²) in [4.78, 5) is 27.0. The molecule has 0 spiro atoms. The average molecular weight is 396 g/mol. The van der Waals surface area contributed by atoms with E-state index < -0.39 is 0 Å². The number of hydrogen-bond acceptors (Lipinski definition) is 4. The molecule has 6 heteroatoms. The van der Waals surface area contributed by atoms with Crippen LogP contribution in [0, 0.1) is 12.8 Å². The van der Waals surface area contributed by atoms with Crippen LogP contribution < -0.4 is 14.8 Å². The Balaban J connectivity index is 1.50. The molecule has 6 nitrogen and oxygen atoms in total. The second-order valence-corrected chi connectivity index (χ2v) is 7.38. The molecule has 1 fully saturated rings. The maximum absolute atomic E-state index is 12.7. The number of benzene rings is 2. The molecule has 0 saturated carbocycles. The number of rotatable bonds is 6. The van der Waals surface area contributed by atoms with Crippen molar-refractivity contribution >= 4 is 11.8 Å². The summed E-state index contributed by atoms with van der Waals surface area (Å²) in [6.07, 6.45) is 1.76. The van der Waals surface area contributed by atoms with E-state index in [0.717, 1.165) is 24.0 Å². The van der Waals surface area contributed by atoms with E-state index in [4.69, 9.17) is 9.47 Å². The van der Waals surface area contributed by atoms with Crippen LogP contribution in [0.25, 0.3) is 0 Å². The summed E-state index contributed by atoms with van der Waals surface area (Å²) >= 11 is 0. The van der Waals surface area contributed by atoms with Crippen LogP contribution in [0.3, 0.4) is 0 Å². The largest absolute Gasteiger partial charge is 0.493 e. The van der Waals surface area contributed by atoms with Crippen LogP contribution in [0.1, 0.15) is 39.1 Å². The highest BCUT2D eigenvalue weighted by molar-refractivity contribution is 5.95. The lowest BCUT2D eigenvalue weighted by molar-refractivity contribution is 0.0684. The summed E-state index contributed by atoms with van der Waals surface area (Å²) < 4.78 is 10.5. The number of likely N-dealkylation sites (tertiary alicyclic amines) is 1. The third-order valence-electron chi connectivity index (χ3n) is 5.36. The third kappa shape index (κ3) is 5.08. The van der Waals surface area contributed by atoms with Gasteiger partial charge < -0.3 is 19.7 Å². The van der Waals surface area contributed by atoms with Crippen molar-refractivity contribution in [2.24, 2.45) is 5.92 Å². The van der Waals surface area contributed by atoms with E-state index in [-0.39, 0.29) is 11.8 Å². The number of hydrogen-bond donors (Lipinski definition) is 1. The maximum Gasteiger partial charge on any atom is 0.253 e. The van der Waals surface area contributed by atoms with Gasteiger partial charge in [0.05, 0.1) is 14.2 Å². The molecule has 154 valence electrons. The molecule has 0 atom stereocenters. The lowest BCUT2D eigenvalue weighted by Crippen LogP contribution is -2.41. The Kier molecular flexibility index (Phi) is 6.75. The van der Waals surface area contributed by atoms with Gasteiger partial charge in [-0.15, -0.1) is 0 Å². The molecule has 2 amide bonds. The van der Waals surface area contributed by atoms with Crippen molar-refractivity contribution in [2.45, 2.75) is 19.8 Å². The van der Waals surface area contributed by atoms with Crippen LogP contribution in [-0.4, -0.2) is 50.6 Å². The van der Waals surface area contributed by atoms with Gasteiger partial charge in [0.25, 0.3) is 11.8 Å². The van der Waals surface area contributed by atoms with Crippen LogP contribution in [0.2, 0.25) is 0 Å². The predicted octanol–water partition coefficient (Wildman–Crippen LogP) is 3.29. The minimum absolute atomic E-state index is 0.0847. The molecule has 1 aliphatic heterocycles. The molecule has 2 aromatic rings. The normalized spacial score (nSPS) is 14.4. The summed E-state index contributed by atoms with van der Waals surface area (Å²) in [6.45, 7) is 4.01. The second-order valence-electron chi connectivity index (χ2n) is 7.38. The van der Waals surface area contributed by atoms with Crippen LogP contribution in [0.15, 0.2) is 42.5 Å². The van der Waals surface area contributed by atoms with E-state index in [0.29, 0.717) is 42.6 Å². The highest BCUT2D eigenvalue weighted by atomic mass is 16.5. The van der Waals surface area contributed by atoms with Gasteiger partial charge in [0.2, 0.25) is 0 Å². The molecule has 0 unspecified atom stereocenters. The van der Waals surface area contributed by atoms with Gasteiger partial charge in [-0.25, -0.2) is 0 Å². The van der Waals surface area contributed by atoms with Gasteiger partial charge in [0.15, 0.2) is 11.5 Å². The molecule has 2 aromatic carbocycles. The number of nitrogens with one attached hydrogen (secondary N) is 1. The van der Waals surface area contributed by atoms with Gasteiger partial charge in [-0.2, -0.15) is 0 Å². The molecular formula is C23H28N2O4. The standard InChI is InChI=1S/C23H28N2O4/c1-16-5-4-6-19(13-16)23(27)25-11-9-17(10-12-25)15-24-22(26)18-7-8-20(28-2)21(14-18)29-3/h4-8,13-14,17H,9-12,15H2,1-3H3,(H,24,26). The zero-order chi connectivity index (χ0) is 20.8. The van der Waals surface area contributed by atoms with Crippen LogP contribution in [0.5, 0.6) is 11.5 Å². The molecule has 1 heterocycles. The van der Waals surface area contributed by atoms with E-state index in [1.165, 1.54) is 0 Å². The summed E-state index contributed by atoms with van der Waals surface area (Å²) in [5.41, 5.74) is 2.36. The molecule has 29 heavy (non-hydrogen) atoms. The number of piperidine rings is 1. The van der Waals surface area contributed by atoms with Gasteiger partial charge in [-0.1, -0.05) is 17.7 Å². The van der Waals surface area contributed by atoms with Gasteiger partial charge in [0, 0.05) is 30.8 Å². The Hall–Kier alpha value is -3.02. The number of ether oxygens (including phenoxy) is 2. The van der Waals surface area contributed by atoms with E-state index in [1.807, 2.05) is 36.1 Å². The zero-order valence-corrected chi connectivity index (χ0v) is 17.2. The van der Waals surface area contributed by atoms with Crippen LogP contribution in [-0.2, 0) is 0 Å². The Labute approximate surface area is 171 Å². The number of aryl methyl sites for hydroxylation is 1. The van der Waals surface area contributed by atoms with Gasteiger partial charge in [-0.3, -0.25) is 9.59 Å². The van der Waals surface area contributed by atoms with Crippen molar-refractivity contribution in [3.63, 3.8) is 0 Å². The number of carbonyl (C=O) groups is 2. The Bertz CT molecular complexity index is 873. The highest BCUT2D eigenvalue weighted by Crippen LogP contribution is 2.27. The van der Waals surface area contributed by atoms with Crippen LogP contribution in [0.4, 0.5) is 0 Å². The molecule has 0 radical (unpaired) electrons. The van der Waals surface area contributed by atoms with Gasteiger partial charge >= 0.3 is 0 Å². The average Bonchev–Trinajstić information content (AvgIpc) is 2.76. The molecule has 1 N–H and O–H groups in total. The third-order valence-corrected chi connectivity index (χ3v) is 5.36. The SMILES string of the molecule is COc1ccc(C(=O)NCC2CCN(C(=O)c3cccc(C)c3)CC2)cc1OC. The summed E-state index contributed by atoms with van der Waals surface area (Å²) in [5.74, 6) is 1.43. The summed E-state index contributed by atoms with van der Waals surface area (Å²) in [6, 6.07) is 12.8. The van der Waals surface area contributed by atoms with E-state index in [1.54, 1.807) is 32.4 Å². The van der Waals surface area contributed by atoms with Crippen molar-refractivity contribution < 1.29 is 19.1 Å². The topological polar surface area (TPSA) is 67.9 Å². The molecule has 1 aliphatic rings. The monoisotopic (exact) mass is 396 g/mol. The van der Waals surface area contributed by atoms with E-state index in [2.05, 4.69) is 5.32 Å². The van der Waals surface area contributed by atoms with Crippen molar-refractivity contribution in [1.29, 1.82) is 0 Å². The quantitative estimate of drug-likeness (QED) is 0.814. The summed E-state index contributed by atoms with van der Waals surface area (Å²) in [5, 5.41) is 3.00. The summed E-state index contributed by atoms with van der Waals surface area (Å²) in [7, 11) is 3.11. The number of methoxy groups -OCH3 is 2. The fraction of sp³-hybridized carbons (Fsp3) is 0.391. The first kappa shape index (κ1) is 20.7. The number of carbonyl (C=O) groups excluding carboxylic acids is 2. The first-order valence-electron chi connectivity index (χ1n) is 9.88. The number of nitrogens with zero attached hydrogens (tertiary/aromatic N) is 1. The van der Waals surface area contributed by atoms with Gasteiger partial charge in [-0.05, 0) is 56.0 Å². The lowest BCUT2D eigenvalue weighted by Gasteiger charge is -2.32. The van der Waals surface area contributed by atoms with Crippen LogP contribution >= 0.6 is 0 Å². The van der Waals surface area contributed by atoms with E-state index in [9.17, 15) is 9.59 Å². The minimum atomic E-state index is -0.135. The zero-order valence-electron chi connectivity index (χ0n) is 17.2.